The van der Waals surface area contributed by atoms with Crippen LogP contribution in [0.1, 0.15) is 58.4 Å². The molecule has 8 nitrogen and oxygen atoms in total. The van der Waals surface area contributed by atoms with Crippen molar-refractivity contribution < 1.29 is 27.8 Å². The summed E-state index contributed by atoms with van der Waals surface area (Å²) < 4.78 is 44.2. The maximum Gasteiger partial charge on any atom is 0.293 e. The Hall–Kier alpha value is -2.35. The van der Waals surface area contributed by atoms with E-state index in [1.54, 1.807) is 25.4 Å². The molecule has 3 aliphatic rings. The van der Waals surface area contributed by atoms with E-state index in [4.69, 9.17) is 19.2 Å². The average molecular weight is 707 g/mol. The molecule has 2 aliphatic carbocycles. The molecule has 48 heavy (non-hydrogen) atoms. The van der Waals surface area contributed by atoms with Crippen molar-refractivity contribution in [2.24, 2.45) is 23.7 Å². The number of hydrogen-bond donors (Lipinski definition) is 2. The summed E-state index contributed by atoms with van der Waals surface area (Å²) in [5.74, 6) is 0.754. The van der Waals surface area contributed by atoms with Crippen molar-refractivity contribution in [2.75, 3.05) is 45.7 Å². The number of fused-ring (bicyclic) bond motifs is 2. The van der Waals surface area contributed by atoms with Gasteiger partial charge in [-0.1, -0.05) is 32.1 Å². The molecule has 5 unspecified atom stereocenters. The van der Waals surface area contributed by atoms with Gasteiger partial charge in [-0.05, 0) is 112 Å². The molecule has 1 saturated heterocycles. The number of aromatic nitrogens is 1. The van der Waals surface area contributed by atoms with Gasteiger partial charge in [0, 0.05) is 49.0 Å². The van der Waals surface area contributed by atoms with E-state index in [9.17, 15) is 13.6 Å². The molecular weight excluding hydrogens is 655 g/mol. The summed E-state index contributed by atoms with van der Waals surface area (Å²) in [5.41, 5.74) is 1.71. The van der Waals surface area contributed by atoms with Crippen LogP contribution >= 0.6 is 23.3 Å². The van der Waals surface area contributed by atoms with E-state index in [2.05, 4.69) is 53.9 Å². The Labute approximate surface area is 292 Å². The van der Waals surface area contributed by atoms with Gasteiger partial charge in [-0.15, -0.1) is 0 Å². The van der Waals surface area contributed by atoms with Crippen molar-refractivity contribution in [1.29, 1.82) is 0 Å². The van der Waals surface area contributed by atoms with E-state index in [1.807, 2.05) is 19.0 Å². The van der Waals surface area contributed by atoms with Crippen molar-refractivity contribution in [2.45, 2.75) is 83.1 Å². The highest BCUT2D eigenvalue weighted by molar-refractivity contribution is 7.97. The first-order chi connectivity index (χ1) is 23.1. The number of nitrogens with one attached hydrogen (secondary N) is 2. The van der Waals surface area contributed by atoms with Crippen LogP contribution in [-0.4, -0.2) is 74.6 Å². The number of aryl methyl sites for hydroxylation is 1. The van der Waals surface area contributed by atoms with Gasteiger partial charge in [-0.2, -0.15) is 0 Å². The van der Waals surface area contributed by atoms with E-state index >= 15 is 0 Å². The smallest absolute Gasteiger partial charge is 0.293 e. The number of halogens is 2. The quantitative estimate of drug-likeness (QED) is 0.105. The van der Waals surface area contributed by atoms with Gasteiger partial charge in [-0.3, -0.25) is 4.79 Å². The van der Waals surface area contributed by atoms with Crippen molar-refractivity contribution in [3.05, 3.63) is 53.6 Å². The lowest BCUT2D eigenvalue weighted by Crippen LogP contribution is -2.40. The van der Waals surface area contributed by atoms with Gasteiger partial charge in [0.2, 0.25) is 0 Å². The van der Waals surface area contributed by atoms with Crippen LogP contribution in [0.4, 0.5) is 13.9 Å². The van der Waals surface area contributed by atoms with E-state index in [0.29, 0.717) is 48.4 Å². The summed E-state index contributed by atoms with van der Waals surface area (Å²) >= 11 is 3.66. The lowest BCUT2D eigenvalue weighted by atomic mass is 9.73. The van der Waals surface area contributed by atoms with Crippen molar-refractivity contribution >= 4 is 45.1 Å². The predicted molar refractivity (Wildman–Crippen MR) is 191 cm³/mol. The molecule has 2 saturated carbocycles. The SMILES string of the molecule is CNCCCN(CC(C)C)Sc1ccc2nc(NC3CC3)sc2c1.COC1OCC2C1CCC(C)C2OC=O.Cc1cc(F)cc(F)c1. The normalized spacial score (nSPS) is 23.2. The Kier molecular flexibility index (Phi) is 15.3. The van der Waals surface area contributed by atoms with Crippen molar-refractivity contribution in [3.63, 3.8) is 0 Å². The number of benzene rings is 2. The van der Waals surface area contributed by atoms with Crippen LogP contribution in [0.5, 0.6) is 0 Å². The number of anilines is 1. The Balaban J connectivity index is 0.000000183. The van der Waals surface area contributed by atoms with E-state index < -0.39 is 11.6 Å². The summed E-state index contributed by atoms with van der Waals surface area (Å²) in [6.45, 7) is 12.8. The first kappa shape index (κ1) is 38.5. The fraction of sp³-hybridized carbons (Fsp3) is 0.611. The zero-order valence-corrected chi connectivity index (χ0v) is 30.7. The van der Waals surface area contributed by atoms with Crippen molar-refractivity contribution in [3.8, 4) is 0 Å². The molecule has 1 aromatic heterocycles. The summed E-state index contributed by atoms with van der Waals surface area (Å²) in [6, 6.07) is 10.7. The molecule has 266 valence electrons. The molecule has 2 aromatic carbocycles. The third-order valence-corrected chi connectivity index (χ3v) is 10.6. The molecule has 2 N–H and O–H groups in total. The lowest BCUT2D eigenvalue weighted by molar-refractivity contribution is -0.144. The number of carbonyl (C=O) groups is 1. The number of rotatable bonds is 13. The summed E-state index contributed by atoms with van der Waals surface area (Å²) in [6.07, 6.45) is 5.81. The topological polar surface area (TPSA) is 85.0 Å². The second-order valence-electron chi connectivity index (χ2n) is 13.4. The van der Waals surface area contributed by atoms with Gasteiger partial charge in [0.05, 0.1) is 16.8 Å². The largest absolute Gasteiger partial charge is 0.464 e. The predicted octanol–water partition coefficient (Wildman–Crippen LogP) is 7.91. The maximum absolute atomic E-state index is 12.2. The molecule has 6 rings (SSSR count). The molecule has 2 heterocycles. The van der Waals surface area contributed by atoms with Gasteiger partial charge in [-0.25, -0.2) is 18.1 Å². The molecule has 3 aromatic rings. The summed E-state index contributed by atoms with van der Waals surface area (Å²) in [5, 5.41) is 7.82. The van der Waals surface area contributed by atoms with Crippen LogP contribution in [-0.2, 0) is 19.0 Å². The first-order valence-electron chi connectivity index (χ1n) is 17.0. The monoisotopic (exact) mass is 706 g/mol. The lowest BCUT2D eigenvalue weighted by Gasteiger charge is -2.36. The zero-order chi connectivity index (χ0) is 34.6. The van der Waals surface area contributed by atoms with Crippen LogP contribution in [0.3, 0.4) is 0 Å². The molecule has 0 amide bonds. The standard InChI is InChI=1S/C18H28N4S2.C11H18O4.C7H6F2/c1-13(2)12-22(10-4-9-19-3)24-15-7-8-16-17(11-15)23-18(21-16)20-14-5-6-14;1-7-3-4-8-9(10(7)15-6-12)5-14-11(8)13-2;1-5-2-6(8)4-7(9)3-5/h7-8,11,13-14,19H,4-6,9-10,12H2,1-3H3,(H,20,21);6-11H,3-5H2,1-2H3;2-4H,1H3. The molecular formula is C36H52F2N4O4S2. The van der Waals surface area contributed by atoms with Crippen LogP contribution in [0, 0.1) is 42.2 Å². The minimum Gasteiger partial charge on any atom is -0.464 e. The Bertz CT molecular complexity index is 1380. The van der Waals surface area contributed by atoms with Crippen molar-refractivity contribution in [1.82, 2.24) is 14.6 Å². The average Bonchev–Trinajstić information content (AvgIpc) is 3.59. The van der Waals surface area contributed by atoms with Crippen LogP contribution in [0.2, 0.25) is 0 Å². The number of thiazole rings is 1. The molecule has 5 atom stereocenters. The van der Waals surface area contributed by atoms with E-state index in [-0.39, 0.29) is 12.4 Å². The fourth-order valence-corrected chi connectivity index (χ4v) is 8.45. The summed E-state index contributed by atoms with van der Waals surface area (Å²) in [7, 11) is 3.69. The molecule has 0 radical (unpaired) electrons. The van der Waals surface area contributed by atoms with Gasteiger partial charge >= 0.3 is 0 Å². The highest BCUT2D eigenvalue weighted by Gasteiger charge is 2.47. The molecule has 12 heteroatoms. The van der Waals surface area contributed by atoms with Crippen LogP contribution < -0.4 is 10.6 Å². The number of carbonyl (C=O) groups excluding carboxylic acids is 1. The third kappa shape index (κ3) is 11.9. The van der Waals surface area contributed by atoms with E-state index in [0.717, 1.165) is 49.2 Å². The first-order valence-corrected chi connectivity index (χ1v) is 18.6. The number of nitrogens with zero attached hydrogens (tertiary/aromatic N) is 2. The molecule has 3 fully saturated rings. The number of hydrogen-bond acceptors (Lipinski definition) is 10. The molecule has 0 bridgehead atoms. The maximum atomic E-state index is 12.2. The van der Waals surface area contributed by atoms with Gasteiger partial charge in [0.15, 0.2) is 11.4 Å². The fourth-order valence-electron chi connectivity index (χ4n) is 6.21. The molecule has 1 aliphatic heterocycles. The minimum atomic E-state index is -0.521. The highest BCUT2D eigenvalue weighted by Crippen LogP contribution is 2.42. The van der Waals surface area contributed by atoms with Gasteiger partial charge < -0.3 is 24.8 Å². The number of ether oxygens (including phenoxy) is 3. The van der Waals surface area contributed by atoms with E-state index in [1.165, 1.54) is 41.0 Å². The minimum absolute atomic E-state index is 0.00130. The highest BCUT2D eigenvalue weighted by atomic mass is 32.2. The van der Waals surface area contributed by atoms with Crippen LogP contribution in [0.25, 0.3) is 10.2 Å². The van der Waals surface area contributed by atoms with Crippen LogP contribution in [0.15, 0.2) is 41.3 Å². The van der Waals surface area contributed by atoms with Gasteiger partial charge in [0.25, 0.3) is 6.47 Å². The van der Waals surface area contributed by atoms with Gasteiger partial charge in [0.1, 0.15) is 17.7 Å². The second-order valence-corrected chi connectivity index (χ2v) is 15.6. The Morgan fingerprint density at radius 2 is 1.88 bits per heavy atom. The molecule has 0 spiro atoms. The Morgan fingerprint density at radius 3 is 2.50 bits per heavy atom. The Morgan fingerprint density at radius 1 is 1.12 bits per heavy atom. The second kappa shape index (κ2) is 19.2. The zero-order valence-electron chi connectivity index (χ0n) is 29.0. The number of methoxy groups -OCH3 is 1. The third-order valence-electron chi connectivity index (χ3n) is 8.64. The summed E-state index contributed by atoms with van der Waals surface area (Å²) in [4.78, 5) is 16.5.